The highest BCUT2D eigenvalue weighted by Crippen LogP contribution is 2.38. The Bertz CT molecular complexity index is 1740. The van der Waals surface area contributed by atoms with Crippen LogP contribution in [0.3, 0.4) is 0 Å². The summed E-state index contributed by atoms with van der Waals surface area (Å²) in [6.45, 7) is 0.429. The number of rotatable bonds is 9. The number of carbonyl (C=O) groups is 1. The third-order valence-electron chi connectivity index (χ3n) is 7.41. The molecule has 13 heteroatoms. The van der Waals surface area contributed by atoms with E-state index < -0.39 is 28.3 Å². The Morgan fingerprint density at radius 1 is 1.15 bits per heavy atom. The van der Waals surface area contributed by atoms with E-state index in [0.29, 0.717) is 30.0 Å². The first-order chi connectivity index (χ1) is 19.6. The number of alkyl halides is 2. The molecule has 1 N–H and O–H groups in total. The lowest BCUT2D eigenvalue weighted by molar-refractivity contribution is -0.119. The standard InChI is InChI=1S/C28H30F2N6O4S/c1-35-14-21(31-15-35)17-8-9-19(23(11-17)41(2,38)39)33-20-12-18(13-22(37)16-6-7-16)32-27-25(20)34-28(26(29)30)36(27)24-5-3-4-10-40-24/h8-9,11-12,14-16,24,26H,3-7,10,13H2,1-2H3,(H,32,33). The summed E-state index contributed by atoms with van der Waals surface area (Å²) in [5.74, 6) is -0.460. The first-order valence-corrected chi connectivity index (χ1v) is 15.4. The topological polar surface area (TPSA) is 121 Å². The van der Waals surface area contributed by atoms with E-state index >= 15 is 0 Å². The lowest BCUT2D eigenvalue weighted by atomic mass is 10.1. The molecule has 1 saturated carbocycles. The maximum absolute atomic E-state index is 14.3. The van der Waals surface area contributed by atoms with Crippen molar-refractivity contribution >= 4 is 38.2 Å². The number of ether oxygens (including phenoxy) is 1. The first-order valence-electron chi connectivity index (χ1n) is 13.5. The van der Waals surface area contributed by atoms with Gasteiger partial charge in [0.15, 0.2) is 21.3 Å². The number of aromatic nitrogens is 5. The zero-order chi connectivity index (χ0) is 28.9. The van der Waals surface area contributed by atoms with E-state index in [9.17, 15) is 22.0 Å². The maximum atomic E-state index is 14.3. The molecule has 1 aromatic carbocycles. The van der Waals surface area contributed by atoms with Crippen molar-refractivity contribution in [1.82, 2.24) is 24.1 Å². The summed E-state index contributed by atoms with van der Waals surface area (Å²) < 4.78 is 63.3. The number of imidazole rings is 2. The lowest BCUT2D eigenvalue weighted by Crippen LogP contribution is -2.21. The van der Waals surface area contributed by atoms with Gasteiger partial charge in [0.05, 0.1) is 34.0 Å². The molecular formula is C28H30F2N6O4S. The predicted octanol–water partition coefficient (Wildman–Crippen LogP) is 5.14. The summed E-state index contributed by atoms with van der Waals surface area (Å²) in [7, 11) is -1.91. The van der Waals surface area contributed by atoms with Crippen molar-refractivity contribution in [1.29, 1.82) is 0 Å². The molecule has 4 aromatic rings. The molecule has 2 aliphatic rings. The van der Waals surface area contributed by atoms with Crippen molar-refractivity contribution in [3.05, 3.63) is 48.3 Å². The highest BCUT2D eigenvalue weighted by Gasteiger charge is 2.32. The third-order valence-corrected chi connectivity index (χ3v) is 8.54. The number of benzene rings is 1. The summed E-state index contributed by atoms with van der Waals surface area (Å²) in [5.41, 5.74) is 2.42. The number of nitrogens with zero attached hydrogens (tertiary/aromatic N) is 5. The number of fused-ring (bicyclic) bond motifs is 1. The minimum atomic E-state index is -3.73. The van der Waals surface area contributed by atoms with E-state index in [0.717, 1.165) is 31.9 Å². The van der Waals surface area contributed by atoms with Gasteiger partial charge in [-0.3, -0.25) is 9.36 Å². The number of pyridine rings is 1. The highest BCUT2D eigenvalue weighted by atomic mass is 32.2. The smallest absolute Gasteiger partial charge is 0.295 e. The van der Waals surface area contributed by atoms with Crippen LogP contribution in [-0.2, 0) is 32.8 Å². The minimum Gasteiger partial charge on any atom is -0.358 e. The average Bonchev–Trinajstić information content (AvgIpc) is 3.58. The molecule has 0 bridgehead atoms. The van der Waals surface area contributed by atoms with Crippen LogP contribution in [0.1, 0.15) is 56.3 Å². The molecule has 41 heavy (non-hydrogen) atoms. The molecule has 1 saturated heterocycles. The van der Waals surface area contributed by atoms with Crippen molar-refractivity contribution in [3.63, 3.8) is 0 Å². The van der Waals surface area contributed by atoms with Crippen LogP contribution in [0, 0.1) is 5.92 Å². The number of hydrogen-bond acceptors (Lipinski definition) is 8. The van der Waals surface area contributed by atoms with Crippen LogP contribution in [0.2, 0.25) is 0 Å². The highest BCUT2D eigenvalue weighted by molar-refractivity contribution is 7.90. The Kier molecular flexibility index (Phi) is 7.10. The molecule has 0 radical (unpaired) electrons. The molecule has 0 spiro atoms. The number of carbonyl (C=O) groups excluding carboxylic acids is 1. The van der Waals surface area contributed by atoms with Crippen LogP contribution in [0.5, 0.6) is 0 Å². The fourth-order valence-corrected chi connectivity index (χ4v) is 6.07. The van der Waals surface area contributed by atoms with Gasteiger partial charge in [-0.15, -0.1) is 0 Å². The van der Waals surface area contributed by atoms with Gasteiger partial charge in [-0.2, -0.15) is 0 Å². The van der Waals surface area contributed by atoms with Crippen LogP contribution in [-0.4, -0.2) is 51.1 Å². The number of anilines is 2. The van der Waals surface area contributed by atoms with Gasteiger partial charge >= 0.3 is 0 Å². The van der Waals surface area contributed by atoms with E-state index in [1.807, 2.05) is 7.05 Å². The second-order valence-corrected chi connectivity index (χ2v) is 12.7. The number of sulfone groups is 1. The average molecular weight is 585 g/mol. The normalized spacial score (nSPS) is 17.8. The maximum Gasteiger partial charge on any atom is 0.295 e. The molecule has 3 aromatic heterocycles. The van der Waals surface area contributed by atoms with Crippen LogP contribution >= 0.6 is 0 Å². The molecule has 10 nitrogen and oxygen atoms in total. The predicted molar refractivity (Wildman–Crippen MR) is 148 cm³/mol. The van der Waals surface area contributed by atoms with E-state index in [1.165, 1.54) is 10.6 Å². The Morgan fingerprint density at radius 3 is 2.59 bits per heavy atom. The van der Waals surface area contributed by atoms with E-state index in [1.54, 1.807) is 35.3 Å². The summed E-state index contributed by atoms with van der Waals surface area (Å²) in [5, 5.41) is 3.13. The van der Waals surface area contributed by atoms with E-state index in [2.05, 4.69) is 20.3 Å². The second kappa shape index (κ2) is 10.6. The van der Waals surface area contributed by atoms with Crippen LogP contribution in [0.4, 0.5) is 20.2 Å². The van der Waals surface area contributed by atoms with Gasteiger partial charge in [-0.25, -0.2) is 32.2 Å². The van der Waals surface area contributed by atoms with Gasteiger partial charge in [-0.1, -0.05) is 6.07 Å². The minimum absolute atomic E-state index is 0.00496. The number of ketones is 1. The Labute approximate surface area is 235 Å². The summed E-state index contributed by atoms with van der Waals surface area (Å²) in [4.78, 5) is 25.9. The zero-order valence-electron chi connectivity index (χ0n) is 22.7. The molecular weight excluding hydrogens is 554 g/mol. The van der Waals surface area contributed by atoms with Gasteiger partial charge in [0, 0.05) is 44.0 Å². The lowest BCUT2D eigenvalue weighted by Gasteiger charge is -2.25. The molecule has 0 amide bonds. The van der Waals surface area contributed by atoms with Gasteiger partial charge in [-0.05, 0) is 50.3 Å². The largest absolute Gasteiger partial charge is 0.358 e. The molecule has 2 fully saturated rings. The molecule has 1 aliphatic heterocycles. The van der Waals surface area contributed by atoms with E-state index in [4.69, 9.17) is 4.74 Å². The monoisotopic (exact) mass is 584 g/mol. The fourth-order valence-electron chi connectivity index (χ4n) is 5.21. The Balaban J connectivity index is 1.50. The first kappa shape index (κ1) is 27.5. The van der Waals surface area contributed by atoms with Gasteiger partial charge in [0.2, 0.25) is 0 Å². The van der Waals surface area contributed by atoms with Crippen LogP contribution in [0.25, 0.3) is 22.4 Å². The van der Waals surface area contributed by atoms with Crippen molar-refractivity contribution in [3.8, 4) is 11.3 Å². The van der Waals surface area contributed by atoms with E-state index in [-0.39, 0.29) is 45.6 Å². The Hall–Kier alpha value is -3.71. The molecule has 4 heterocycles. The summed E-state index contributed by atoms with van der Waals surface area (Å²) >= 11 is 0. The summed E-state index contributed by atoms with van der Waals surface area (Å²) in [6, 6.07) is 6.45. The molecule has 1 atom stereocenters. The number of hydrogen-bond donors (Lipinski definition) is 1. The molecule has 1 unspecified atom stereocenters. The number of aryl methyl sites for hydroxylation is 1. The third kappa shape index (κ3) is 5.60. The van der Waals surface area contributed by atoms with Crippen molar-refractivity contribution in [2.75, 3.05) is 18.2 Å². The SMILES string of the molecule is Cn1cnc(-c2ccc(Nc3cc(CC(=O)C4CC4)nc4c3nc(C(F)F)n4C3CCCCO3)c(S(C)(=O)=O)c2)c1. The van der Waals surface area contributed by atoms with Crippen molar-refractivity contribution in [2.45, 2.75) is 56.1 Å². The second-order valence-electron chi connectivity index (χ2n) is 10.7. The Morgan fingerprint density at radius 2 is 1.95 bits per heavy atom. The zero-order valence-corrected chi connectivity index (χ0v) is 23.5. The van der Waals surface area contributed by atoms with Crippen molar-refractivity contribution < 1.29 is 26.7 Å². The number of Topliss-reactive ketones (excluding diaryl/α,β-unsaturated/α-hetero) is 1. The quantitative estimate of drug-likeness (QED) is 0.287. The number of halogens is 2. The van der Waals surface area contributed by atoms with Gasteiger partial charge < -0.3 is 14.6 Å². The van der Waals surface area contributed by atoms with Crippen LogP contribution in [0.15, 0.2) is 41.7 Å². The van der Waals surface area contributed by atoms with Gasteiger partial charge in [0.1, 0.15) is 17.5 Å². The molecule has 6 rings (SSSR count). The molecule has 1 aliphatic carbocycles. The fraction of sp³-hybridized carbons (Fsp3) is 0.429. The van der Waals surface area contributed by atoms with Crippen LogP contribution < -0.4 is 5.32 Å². The number of nitrogens with one attached hydrogen (secondary N) is 1. The summed E-state index contributed by atoms with van der Waals surface area (Å²) in [6.07, 6.45) is 4.77. The van der Waals surface area contributed by atoms with Crippen molar-refractivity contribution in [2.24, 2.45) is 13.0 Å². The van der Waals surface area contributed by atoms with Gasteiger partial charge in [0.25, 0.3) is 6.43 Å². The molecule has 216 valence electrons.